The maximum atomic E-state index is 12.5. The van der Waals surface area contributed by atoms with Crippen LogP contribution < -0.4 is 5.32 Å². The quantitative estimate of drug-likeness (QED) is 0.877. The molecule has 0 aliphatic carbocycles. The first kappa shape index (κ1) is 18.4. The molecule has 0 unspecified atom stereocenters. The number of nitrogens with one attached hydrogen (secondary N) is 1. The highest BCUT2D eigenvalue weighted by Gasteiger charge is 2.29. The van der Waals surface area contributed by atoms with Crippen LogP contribution in [-0.2, 0) is 24.0 Å². The van der Waals surface area contributed by atoms with E-state index in [2.05, 4.69) is 15.4 Å². The molecule has 1 fully saturated rings. The normalized spacial score (nSPS) is 15.8. The molecule has 1 N–H and O–H groups in total. The van der Waals surface area contributed by atoms with Crippen molar-refractivity contribution in [2.45, 2.75) is 19.3 Å². The van der Waals surface area contributed by atoms with Gasteiger partial charge in [0.1, 0.15) is 0 Å². The van der Waals surface area contributed by atoms with Gasteiger partial charge in [-0.3, -0.25) is 9.69 Å². The third kappa shape index (κ3) is 4.83. The average molecular weight is 369 g/mol. The van der Waals surface area contributed by atoms with Gasteiger partial charge in [0.25, 0.3) is 5.91 Å². The van der Waals surface area contributed by atoms with Crippen molar-refractivity contribution in [3.05, 3.63) is 52.9 Å². The van der Waals surface area contributed by atoms with Gasteiger partial charge in [-0.15, -0.1) is 0 Å². The van der Waals surface area contributed by atoms with Gasteiger partial charge in [0.15, 0.2) is 11.5 Å². The summed E-state index contributed by atoms with van der Waals surface area (Å²) in [6, 6.07) is 6.19. The molecule has 1 amide bonds. The lowest BCUT2D eigenvalue weighted by Gasteiger charge is -2.25. The second kappa shape index (κ2) is 7.88. The number of morpholine rings is 1. The van der Waals surface area contributed by atoms with Crippen molar-refractivity contribution in [1.29, 1.82) is 0 Å². The van der Waals surface area contributed by atoms with E-state index >= 15 is 0 Å². The molecule has 2 aromatic rings. The lowest BCUT2D eigenvalue weighted by Crippen LogP contribution is -2.35. The van der Waals surface area contributed by atoms with Crippen molar-refractivity contribution in [2.24, 2.45) is 0 Å². The molecule has 0 saturated carbocycles. The zero-order chi connectivity index (χ0) is 18.6. The fraction of sp³-hybridized carbons (Fsp3) is 0.412. The van der Waals surface area contributed by atoms with E-state index < -0.39 is 17.6 Å². The van der Waals surface area contributed by atoms with E-state index in [-0.39, 0.29) is 12.2 Å². The van der Waals surface area contributed by atoms with Gasteiger partial charge in [0.2, 0.25) is 0 Å². The van der Waals surface area contributed by atoms with Gasteiger partial charge >= 0.3 is 6.18 Å². The predicted octanol–water partition coefficient (Wildman–Crippen LogP) is 2.46. The summed E-state index contributed by atoms with van der Waals surface area (Å²) in [6.45, 7) is 3.54. The number of rotatable bonds is 5. The van der Waals surface area contributed by atoms with Crippen LogP contribution in [0.3, 0.4) is 0 Å². The van der Waals surface area contributed by atoms with Gasteiger partial charge in [0.05, 0.1) is 25.3 Å². The van der Waals surface area contributed by atoms with Crippen molar-refractivity contribution in [2.75, 3.05) is 26.3 Å². The Labute approximate surface area is 147 Å². The fourth-order valence-electron chi connectivity index (χ4n) is 2.56. The predicted molar refractivity (Wildman–Crippen MR) is 85.2 cm³/mol. The van der Waals surface area contributed by atoms with Crippen LogP contribution in [0.1, 0.15) is 27.4 Å². The van der Waals surface area contributed by atoms with Gasteiger partial charge in [-0.05, 0) is 17.7 Å². The molecule has 0 atom stereocenters. The van der Waals surface area contributed by atoms with E-state index in [1.165, 1.54) is 12.1 Å². The van der Waals surface area contributed by atoms with E-state index in [1.54, 1.807) is 6.07 Å². The van der Waals surface area contributed by atoms with Crippen LogP contribution in [0, 0.1) is 0 Å². The van der Waals surface area contributed by atoms with Gasteiger partial charge in [0, 0.05) is 25.7 Å². The Morgan fingerprint density at radius 2 is 1.88 bits per heavy atom. The minimum absolute atomic E-state index is 0.0998. The number of carbonyl (C=O) groups is 1. The summed E-state index contributed by atoms with van der Waals surface area (Å²) < 4.78 is 48.0. The largest absolute Gasteiger partial charge is 0.416 e. The zero-order valence-electron chi connectivity index (χ0n) is 13.9. The minimum atomic E-state index is -4.38. The number of alkyl halides is 3. The van der Waals surface area contributed by atoms with E-state index in [9.17, 15) is 18.0 Å². The molecule has 1 aliphatic rings. The van der Waals surface area contributed by atoms with Crippen molar-refractivity contribution in [3.63, 3.8) is 0 Å². The molecule has 0 spiro atoms. The van der Waals surface area contributed by atoms with Gasteiger partial charge in [-0.2, -0.15) is 13.2 Å². The van der Waals surface area contributed by atoms with Crippen molar-refractivity contribution < 1.29 is 27.2 Å². The Hall–Kier alpha value is -2.39. The zero-order valence-corrected chi connectivity index (χ0v) is 13.9. The summed E-state index contributed by atoms with van der Waals surface area (Å²) in [4.78, 5) is 14.2. The molecule has 1 aromatic carbocycles. The van der Waals surface area contributed by atoms with Crippen LogP contribution in [0.25, 0.3) is 0 Å². The lowest BCUT2D eigenvalue weighted by atomic mass is 10.1. The van der Waals surface area contributed by atoms with E-state index in [0.717, 1.165) is 25.2 Å². The number of halogens is 3. The number of benzene rings is 1. The molecule has 1 saturated heterocycles. The van der Waals surface area contributed by atoms with E-state index in [4.69, 9.17) is 9.26 Å². The molecule has 26 heavy (non-hydrogen) atoms. The number of ether oxygens (including phenoxy) is 1. The smallest absolute Gasteiger partial charge is 0.379 e. The number of hydrogen-bond acceptors (Lipinski definition) is 5. The lowest BCUT2D eigenvalue weighted by molar-refractivity contribution is -0.137. The highest BCUT2D eigenvalue weighted by Crippen LogP contribution is 2.29. The standard InChI is InChI=1S/C17H18F3N3O3/c18-17(19,20)13-3-1-12(2-4-13)10-21-16(24)15-9-14(26-22-15)11-23-5-7-25-8-6-23/h1-4,9H,5-8,10-11H2,(H,21,24). The maximum Gasteiger partial charge on any atom is 0.416 e. The monoisotopic (exact) mass is 369 g/mol. The van der Waals surface area contributed by atoms with Crippen LogP contribution in [0.5, 0.6) is 0 Å². The van der Waals surface area contributed by atoms with E-state index in [1.807, 2.05) is 0 Å². The highest BCUT2D eigenvalue weighted by atomic mass is 19.4. The summed E-state index contributed by atoms with van der Waals surface area (Å²) >= 11 is 0. The summed E-state index contributed by atoms with van der Waals surface area (Å²) in [5, 5.41) is 6.36. The van der Waals surface area contributed by atoms with Gasteiger partial charge in [-0.1, -0.05) is 17.3 Å². The molecule has 0 radical (unpaired) electrons. The average Bonchev–Trinajstić information content (AvgIpc) is 3.09. The van der Waals surface area contributed by atoms with Crippen LogP contribution in [0.2, 0.25) is 0 Å². The topological polar surface area (TPSA) is 67.6 Å². The number of aromatic nitrogens is 1. The molecular weight excluding hydrogens is 351 g/mol. The molecule has 0 bridgehead atoms. The second-order valence-corrected chi connectivity index (χ2v) is 5.94. The Bertz CT molecular complexity index is 738. The molecule has 3 rings (SSSR count). The second-order valence-electron chi connectivity index (χ2n) is 5.94. The maximum absolute atomic E-state index is 12.5. The van der Waals surface area contributed by atoms with Crippen LogP contribution in [0.15, 0.2) is 34.9 Å². The Morgan fingerprint density at radius 3 is 2.54 bits per heavy atom. The molecule has 1 aliphatic heterocycles. The Morgan fingerprint density at radius 1 is 1.19 bits per heavy atom. The summed E-state index contributed by atoms with van der Waals surface area (Å²) in [5.74, 6) is 0.133. The third-order valence-electron chi connectivity index (χ3n) is 4.01. The summed E-state index contributed by atoms with van der Waals surface area (Å²) in [5.41, 5.74) is -0.0274. The molecular formula is C17H18F3N3O3. The van der Waals surface area contributed by atoms with Gasteiger partial charge in [-0.25, -0.2) is 0 Å². The first-order chi connectivity index (χ1) is 12.4. The highest BCUT2D eigenvalue weighted by molar-refractivity contribution is 5.92. The third-order valence-corrected chi connectivity index (χ3v) is 4.01. The van der Waals surface area contributed by atoms with Crippen molar-refractivity contribution in [3.8, 4) is 0 Å². The summed E-state index contributed by atoms with van der Waals surface area (Å²) in [7, 11) is 0. The Balaban J connectivity index is 1.52. The van der Waals surface area contributed by atoms with Crippen LogP contribution in [-0.4, -0.2) is 42.3 Å². The number of carbonyl (C=O) groups excluding carboxylic acids is 1. The number of nitrogens with zero attached hydrogens (tertiary/aromatic N) is 2. The van der Waals surface area contributed by atoms with Crippen molar-refractivity contribution in [1.82, 2.24) is 15.4 Å². The van der Waals surface area contributed by atoms with Gasteiger partial charge < -0.3 is 14.6 Å². The molecule has 1 aromatic heterocycles. The van der Waals surface area contributed by atoms with Crippen LogP contribution in [0.4, 0.5) is 13.2 Å². The number of hydrogen-bond donors (Lipinski definition) is 1. The Kier molecular flexibility index (Phi) is 5.58. The molecule has 9 heteroatoms. The minimum Gasteiger partial charge on any atom is -0.379 e. The first-order valence-electron chi connectivity index (χ1n) is 8.12. The molecule has 6 nitrogen and oxygen atoms in total. The van der Waals surface area contributed by atoms with Crippen molar-refractivity contribution >= 4 is 5.91 Å². The SMILES string of the molecule is O=C(NCc1ccc(C(F)(F)F)cc1)c1cc(CN2CCOCC2)on1. The first-order valence-corrected chi connectivity index (χ1v) is 8.12. The summed E-state index contributed by atoms with van der Waals surface area (Å²) in [6.07, 6.45) is -4.38. The number of amides is 1. The fourth-order valence-corrected chi connectivity index (χ4v) is 2.56. The van der Waals surface area contributed by atoms with E-state index in [0.29, 0.717) is 31.1 Å². The van der Waals surface area contributed by atoms with Crippen LogP contribution >= 0.6 is 0 Å². The molecule has 2 heterocycles. The molecule has 140 valence electrons.